The Morgan fingerprint density at radius 1 is 1.13 bits per heavy atom. The third-order valence-corrected chi connectivity index (χ3v) is 3.38. The summed E-state index contributed by atoms with van der Waals surface area (Å²) in [5.74, 6) is 0.417. The van der Waals surface area contributed by atoms with Gasteiger partial charge in [-0.25, -0.2) is 0 Å². The fourth-order valence-corrected chi connectivity index (χ4v) is 2.47. The molecule has 1 heterocycles. The summed E-state index contributed by atoms with van der Waals surface area (Å²) in [5.41, 5.74) is 0. The van der Waals surface area contributed by atoms with Crippen molar-refractivity contribution in [1.29, 1.82) is 0 Å². The number of nitrogens with one attached hydrogen (secondary N) is 1. The maximum atomic E-state index is 9.25. The lowest BCUT2D eigenvalue weighted by atomic mass is 9.85. The van der Waals surface area contributed by atoms with E-state index in [4.69, 9.17) is 9.47 Å². The van der Waals surface area contributed by atoms with Crippen molar-refractivity contribution in [3.05, 3.63) is 0 Å². The lowest BCUT2D eigenvalue weighted by molar-refractivity contribution is -0.0431. The van der Waals surface area contributed by atoms with Crippen LogP contribution in [-0.4, -0.2) is 43.8 Å². The highest BCUT2D eigenvalue weighted by molar-refractivity contribution is 4.80. The van der Waals surface area contributed by atoms with Gasteiger partial charge in [0.15, 0.2) is 6.29 Å². The molecule has 0 aromatic rings. The molecule has 1 saturated carbocycles. The quantitative estimate of drug-likeness (QED) is 0.717. The molecule has 4 heteroatoms. The Morgan fingerprint density at radius 3 is 2.60 bits per heavy atom. The van der Waals surface area contributed by atoms with Crippen LogP contribution in [0.2, 0.25) is 0 Å². The van der Waals surface area contributed by atoms with Crippen molar-refractivity contribution < 1.29 is 14.6 Å². The Balaban J connectivity index is 1.71. The van der Waals surface area contributed by atoms with E-state index in [0.29, 0.717) is 31.8 Å². The predicted octanol–water partition coefficient (Wildman–Crippen LogP) is 0.500. The summed E-state index contributed by atoms with van der Waals surface area (Å²) in [7, 11) is 0. The zero-order valence-corrected chi connectivity index (χ0v) is 9.15. The van der Waals surface area contributed by atoms with Gasteiger partial charge in [0, 0.05) is 19.2 Å². The first-order chi connectivity index (χ1) is 7.40. The van der Waals surface area contributed by atoms with Crippen LogP contribution in [0.5, 0.6) is 0 Å². The molecule has 2 aliphatic rings. The van der Waals surface area contributed by atoms with Crippen molar-refractivity contribution in [2.75, 3.05) is 26.4 Å². The fourth-order valence-electron chi connectivity index (χ4n) is 2.47. The lowest BCUT2D eigenvalue weighted by Gasteiger charge is -2.31. The van der Waals surface area contributed by atoms with Gasteiger partial charge in [-0.2, -0.15) is 0 Å². The van der Waals surface area contributed by atoms with E-state index >= 15 is 0 Å². The van der Waals surface area contributed by atoms with Crippen LogP contribution in [0.15, 0.2) is 0 Å². The zero-order valence-electron chi connectivity index (χ0n) is 9.15. The molecule has 88 valence electrons. The van der Waals surface area contributed by atoms with E-state index in [1.165, 1.54) is 12.8 Å². The summed E-state index contributed by atoms with van der Waals surface area (Å²) in [4.78, 5) is 0. The van der Waals surface area contributed by atoms with E-state index in [2.05, 4.69) is 5.32 Å². The van der Waals surface area contributed by atoms with Gasteiger partial charge in [0.2, 0.25) is 0 Å². The molecule has 0 aromatic carbocycles. The Morgan fingerprint density at radius 2 is 1.87 bits per heavy atom. The SMILES string of the molecule is OC[C@@H]1CCCC[C@@H]1NCC1OCCO1. The van der Waals surface area contributed by atoms with Crippen LogP contribution in [0.1, 0.15) is 25.7 Å². The van der Waals surface area contributed by atoms with E-state index in [1.807, 2.05) is 0 Å². The Hall–Kier alpha value is -0.160. The molecular formula is C11H21NO3. The summed E-state index contributed by atoms with van der Waals surface area (Å²) in [6, 6.07) is 0.441. The third kappa shape index (κ3) is 3.14. The summed E-state index contributed by atoms with van der Waals surface area (Å²) >= 11 is 0. The van der Waals surface area contributed by atoms with Crippen LogP contribution in [0.3, 0.4) is 0 Å². The Labute approximate surface area is 90.9 Å². The van der Waals surface area contributed by atoms with E-state index in [-0.39, 0.29) is 6.29 Å². The Kier molecular flexibility index (Phi) is 4.38. The summed E-state index contributed by atoms with van der Waals surface area (Å²) < 4.78 is 10.7. The van der Waals surface area contributed by atoms with E-state index < -0.39 is 0 Å². The first-order valence-corrected chi connectivity index (χ1v) is 5.97. The van der Waals surface area contributed by atoms with Crippen molar-refractivity contribution >= 4 is 0 Å². The van der Waals surface area contributed by atoms with Gasteiger partial charge in [-0.15, -0.1) is 0 Å². The predicted molar refractivity (Wildman–Crippen MR) is 56.5 cm³/mol. The largest absolute Gasteiger partial charge is 0.396 e. The minimum absolute atomic E-state index is 0.0775. The number of ether oxygens (including phenoxy) is 2. The van der Waals surface area contributed by atoms with Crippen LogP contribution in [0.4, 0.5) is 0 Å². The Bertz CT molecular complexity index is 183. The molecule has 1 saturated heterocycles. The molecule has 2 atom stereocenters. The summed E-state index contributed by atoms with van der Waals surface area (Å²) in [5, 5.41) is 12.7. The van der Waals surface area contributed by atoms with E-state index in [9.17, 15) is 5.11 Å². The second-order valence-electron chi connectivity index (χ2n) is 4.41. The average Bonchev–Trinajstić information content (AvgIpc) is 2.79. The molecule has 15 heavy (non-hydrogen) atoms. The molecule has 0 unspecified atom stereocenters. The van der Waals surface area contributed by atoms with Crippen molar-refractivity contribution in [2.45, 2.75) is 38.0 Å². The molecule has 0 amide bonds. The maximum absolute atomic E-state index is 9.25. The molecule has 2 fully saturated rings. The van der Waals surface area contributed by atoms with Crippen molar-refractivity contribution in [1.82, 2.24) is 5.32 Å². The normalized spacial score (nSPS) is 33.4. The van der Waals surface area contributed by atoms with Crippen molar-refractivity contribution in [2.24, 2.45) is 5.92 Å². The van der Waals surface area contributed by atoms with E-state index in [1.54, 1.807) is 0 Å². The van der Waals surface area contributed by atoms with Gasteiger partial charge in [0.25, 0.3) is 0 Å². The van der Waals surface area contributed by atoms with E-state index in [0.717, 1.165) is 19.4 Å². The second kappa shape index (κ2) is 5.80. The lowest BCUT2D eigenvalue weighted by Crippen LogP contribution is -2.43. The van der Waals surface area contributed by atoms with Crippen LogP contribution in [0.25, 0.3) is 0 Å². The molecule has 1 aliphatic heterocycles. The molecule has 0 spiro atoms. The summed E-state index contributed by atoms with van der Waals surface area (Å²) in [6.45, 7) is 2.46. The first-order valence-electron chi connectivity index (χ1n) is 5.97. The van der Waals surface area contributed by atoms with Gasteiger partial charge in [-0.1, -0.05) is 12.8 Å². The molecule has 0 radical (unpaired) electrons. The van der Waals surface area contributed by atoms with Crippen LogP contribution in [0, 0.1) is 5.92 Å². The molecule has 0 aromatic heterocycles. The molecular weight excluding hydrogens is 194 g/mol. The van der Waals surface area contributed by atoms with Gasteiger partial charge in [0.1, 0.15) is 0 Å². The van der Waals surface area contributed by atoms with Gasteiger partial charge < -0.3 is 19.9 Å². The molecule has 0 bridgehead atoms. The van der Waals surface area contributed by atoms with Gasteiger partial charge in [0.05, 0.1) is 13.2 Å². The molecule has 4 nitrogen and oxygen atoms in total. The van der Waals surface area contributed by atoms with Gasteiger partial charge >= 0.3 is 0 Å². The van der Waals surface area contributed by atoms with Crippen LogP contribution >= 0.6 is 0 Å². The number of aliphatic hydroxyl groups excluding tert-OH is 1. The molecule has 2 N–H and O–H groups in total. The highest BCUT2D eigenvalue weighted by Gasteiger charge is 2.25. The first kappa shape index (κ1) is 11.3. The van der Waals surface area contributed by atoms with Crippen molar-refractivity contribution in [3.63, 3.8) is 0 Å². The maximum Gasteiger partial charge on any atom is 0.170 e. The van der Waals surface area contributed by atoms with Crippen molar-refractivity contribution in [3.8, 4) is 0 Å². The standard InChI is InChI=1S/C11H21NO3/c13-8-9-3-1-2-4-10(9)12-7-11-14-5-6-15-11/h9-13H,1-8H2/t9-,10-/m0/s1. The van der Waals surface area contributed by atoms with Crippen LogP contribution in [-0.2, 0) is 9.47 Å². The van der Waals surface area contributed by atoms with Gasteiger partial charge in [-0.3, -0.25) is 0 Å². The second-order valence-corrected chi connectivity index (χ2v) is 4.41. The number of aliphatic hydroxyl groups is 1. The average molecular weight is 215 g/mol. The van der Waals surface area contributed by atoms with Gasteiger partial charge in [-0.05, 0) is 18.8 Å². The monoisotopic (exact) mass is 215 g/mol. The highest BCUT2D eigenvalue weighted by Crippen LogP contribution is 2.24. The number of hydrogen-bond donors (Lipinski definition) is 2. The zero-order chi connectivity index (χ0) is 10.5. The fraction of sp³-hybridized carbons (Fsp3) is 1.00. The highest BCUT2D eigenvalue weighted by atomic mass is 16.7. The minimum atomic E-state index is -0.0775. The number of rotatable bonds is 4. The number of hydrogen-bond acceptors (Lipinski definition) is 4. The van der Waals surface area contributed by atoms with Crippen LogP contribution < -0.4 is 5.32 Å². The smallest absolute Gasteiger partial charge is 0.170 e. The molecule has 1 aliphatic carbocycles. The summed E-state index contributed by atoms with van der Waals surface area (Å²) in [6.07, 6.45) is 4.74. The molecule has 2 rings (SSSR count). The third-order valence-electron chi connectivity index (χ3n) is 3.38. The minimum Gasteiger partial charge on any atom is -0.396 e. The topological polar surface area (TPSA) is 50.7 Å².